The van der Waals surface area contributed by atoms with Crippen LogP contribution in [0.1, 0.15) is 28.2 Å². The Bertz CT molecular complexity index is 866. The standard InChI is InChI=1S/C21H17O/c1-14-8-10-17-12-18(20-11-9-15(2)22-20)13-19(17)21(14)16-6-4-3-5-7-16/h3-13H,1-2H3. The second-order valence-corrected chi connectivity index (χ2v) is 5.78. The van der Waals surface area contributed by atoms with Crippen LogP contribution in [0.25, 0.3) is 22.8 Å². The molecule has 1 heterocycles. The van der Waals surface area contributed by atoms with Crippen LogP contribution in [-0.4, -0.2) is 0 Å². The lowest BCUT2D eigenvalue weighted by atomic mass is 9.93. The van der Waals surface area contributed by atoms with Gasteiger partial charge in [0.05, 0.1) is 0 Å². The lowest BCUT2D eigenvalue weighted by molar-refractivity contribution is 0.522. The number of hydrogen-bond acceptors (Lipinski definition) is 1. The lowest BCUT2D eigenvalue weighted by Gasteiger charge is -2.11. The van der Waals surface area contributed by atoms with Crippen LogP contribution >= 0.6 is 0 Å². The number of fused-ring (bicyclic) bond motifs is 1. The lowest BCUT2D eigenvalue weighted by Crippen LogP contribution is -1.90. The van der Waals surface area contributed by atoms with Crippen molar-refractivity contribution in [1.29, 1.82) is 0 Å². The van der Waals surface area contributed by atoms with E-state index >= 15 is 0 Å². The molecule has 1 heteroatoms. The summed E-state index contributed by atoms with van der Waals surface area (Å²) >= 11 is 0. The molecule has 22 heavy (non-hydrogen) atoms. The number of allylic oxidation sites excluding steroid dienone is 1. The Morgan fingerprint density at radius 2 is 1.64 bits per heavy atom. The molecule has 0 amide bonds. The summed E-state index contributed by atoms with van der Waals surface area (Å²) in [6.45, 7) is 4.15. The summed E-state index contributed by atoms with van der Waals surface area (Å²) in [7, 11) is 0. The number of hydrogen-bond donors (Lipinski definition) is 0. The first-order valence-corrected chi connectivity index (χ1v) is 7.54. The Balaban J connectivity index is 1.87. The highest BCUT2D eigenvalue weighted by Gasteiger charge is 2.21. The maximum absolute atomic E-state index is 5.77. The molecular weight excluding hydrogens is 268 g/mol. The van der Waals surface area contributed by atoms with E-state index in [0.29, 0.717) is 0 Å². The molecule has 0 unspecified atom stereocenters. The van der Waals surface area contributed by atoms with Crippen LogP contribution in [-0.2, 0) is 0 Å². The van der Waals surface area contributed by atoms with Gasteiger partial charge in [0, 0.05) is 12.0 Å². The van der Waals surface area contributed by atoms with Crippen molar-refractivity contribution in [1.82, 2.24) is 0 Å². The maximum atomic E-state index is 5.77. The highest BCUT2D eigenvalue weighted by atomic mass is 16.3. The maximum Gasteiger partial charge on any atom is 0.130 e. The van der Waals surface area contributed by atoms with E-state index in [-0.39, 0.29) is 0 Å². The molecule has 0 N–H and O–H groups in total. The van der Waals surface area contributed by atoms with Crippen LogP contribution in [0.4, 0.5) is 0 Å². The Morgan fingerprint density at radius 1 is 0.818 bits per heavy atom. The molecule has 1 radical (unpaired) electrons. The smallest absolute Gasteiger partial charge is 0.130 e. The zero-order valence-electron chi connectivity index (χ0n) is 12.8. The van der Waals surface area contributed by atoms with Gasteiger partial charge in [0.1, 0.15) is 11.5 Å². The monoisotopic (exact) mass is 285 g/mol. The van der Waals surface area contributed by atoms with Gasteiger partial charge in [-0.05, 0) is 59.9 Å². The average Bonchev–Trinajstić information content (AvgIpc) is 3.14. The van der Waals surface area contributed by atoms with Crippen molar-refractivity contribution in [3.05, 3.63) is 89.2 Å². The van der Waals surface area contributed by atoms with Gasteiger partial charge in [-0.1, -0.05) is 42.5 Å². The van der Waals surface area contributed by atoms with Gasteiger partial charge in [-0.15, -0.1) is 0 Å². The van der Waals surface area contributed by atoms with Crippen LogP contribution < -0.4 is 0 Å². The van der Waals surface area contributed by atoms with E-state index in [9.17, 15) is 0 Å². The van der Waals surface area contributed by atoms with Crippen molar-refractivity contribution in [2.24, 2.45) is 0 Å². The Hall–Kier alpha value is -2.54. The number of rotatable bonds is 2. The predicted molar refractivity (Wildman–Crippen MR) is 91.3 cm³/mol. The van der Waals surface area contributed by atoms with Crippen molar-refractivity contribution in [2.45, 2.75) is 13.8 Å². The van der Waals surface area contributed by atoms with Crippen molar-refractivity contribution in [3.8, 4) is 11.1 Å². The third-order valence-electron chi connectivity index (χ3n) is 4.19. The van der Waals surface area contributed by atoms with E-state index in [1.165, 1.54) is 27.8 Å². The van der Waals surface area contributed by atoms with Crippen LogP contribution in [0.5, 0.6) is 0 Å². The zero-order chi connectivity index (χ0) is 15.1. The third kappa shape index (κ3) is 2.10. The minimum atomic E-state index is 0.936. The highest BCUT2D eigenvalue weighted by Crippen LogP contribution is 2.40. The summed E-state index contributed by atoms with van der Waals surface area (Å²) in [6.07, 6.45) is 4.45. The number of aryl methyl sites for hydroxylation is 2. The Labute approximate surface area is 130 Å². The van der Waals surface area contributed by atoms with Crippen molar-refractivity contribution in [3.63, 3.8) is 0 Å². The van der Waals surface area contributed by atoms with E-state index in [4.69, 9.17) is 4.42 Å². The van der Waals surface area contributed by atoms with Gasteiger partial charge in [-0.25, -0.2) is 0 Å². The molecule has 0 saturated heterocycles. The summed E-state index contributed by atoms with van der Waals surface area (Å²) < 4.78 is 5.77. The fourth-order valence-electron chi connectivity index (χ4n) is 3.11. The topological polar surface area (TPSA) is 13.1 Å². The van der Waals surface area contributed by atoms with Crippen LogP contribution in [0.2, 0.25) is 0 Å². The minimum absolute atomic E-state index is 0.936. The third-order valence-corrected chi connectivity index (χ3v) is 4.19. The molecule has 107 valence electrons. The first-order chi connectivity index (χ1) is 10.7. The summed E-state index contributed by atoms with van der Waals surface area (Å²) in [4.78, 5) is 0. The van der Waals surface area contributed by atoms with Gasteiger partial charge in [0.25, 0.3) is 0 Å². The van der Waals surface area contributed by atoms with Crippen LogP contribution in [0, 0.1) is 20.3 Å². The fourth-order valence-corrected chi connectivity index (χ4v) is 3.11. The zero-order valence-corrected chi connectivity index (χ0v) is 12.8. The molecule has 0 spiro atoms. The molecule has 3 aromatic rings. The SMILES string of the molecule is Cc1ccc(C2=Cc3c(ccc(C)c3-c3ccccc3)[CH]2)o1. The van der Waals surface area contributed by atoms with E-state index in [1.807, 2.05) is 19.1 Å². The highest BCUT2D eigenvalue weighted by molar-refractivity contribution is 5.98. The molecule has 1 nitrogen and oxygen atoms in total. The Morgan fingerprint density at radius 3 is 2.36 bits per heavy atom. The largest absolute Gasteiger partial charge is 0.462 e. The van der Waals surface area contributed by atoms with Gasteiger partial charge < -0.3 is 4.42 Å². The summed E-state index contributed by atoms with van der Waals surface area (Å²) in [5.74, 6) is 1.88. The summed E-state index contributed by atoms with van der Waals surface area (Å²) in [5.41, 5.74) is 7.56. The fraction of sp³-hybridized carbons (Fsp3) is 0.0952. The average molecular weight is 285 g/mol. The second kappa shape index (κ2) is 5.03. The molecule has 4 rings (SSSR count). The van der Waals surface area contributed by atoms with E-state index < -0.39 is 0 Å². The second-order valence-electron chi connectivity index (χ2n) is 5.78. The first-order valence-electron chi connectivity index (χ1n) is 7.54. The van der Waals surface area contributed by atoms with E-state index in [2.05, 4.69) is 61.9 Å². The molecular formula is C21H17O. The van der Waals surface area contributed by atoms with Crippen molar-refractivity contribution in [2.75, 3.05) is 0 Å². The van der Waals surface area contributed by atoms with Crippen LogP contribution in [0.3, 0.4) is 0 Å². The van der Waals surface area contributed by atoms with Gasteiger partial charge in [0.2, 0.25) is 0 Å². The van der Waals surface area contributed by atoms with Gasteiger partial charge >= 0.3 is 0 Å². The van der Waals surface area contributed by atoms with Crippen molar-refractivity contribution < 1.29 is 4.42 Å². The normalized spacial score (nSPS) is 13.1. The predicted octanol–water partition coefficient (Wildman–Crippen LogP) is 5.67. The molecule has 1 aliphatic rings. The van der Waals surface area contributed by atoms with Crippen LogP contribution in [0.15, 0.2) is 59.0 Å². The van der Waals surface area contributed by atoms with E-state index in [1.54, 1.807) is 0 Å². The number of furan rings is 1. The first kappa shape index (κ1) is 13.1. The molecule has 0 fully saturated rings. The van der Waals surface area contributed by atoms with E-state index in [0.717, 1.165) is 17.1 Å². The quantitative estimate of drug-likeness (QED) is 0.591. The molecule has 1 aromatic heterocycles. The van der Waals surface area contributed by atoms with Crippen molar-refractivity contribution >= 4 is 11.6 Å². The Kier molecular flexibility index (Phi) is 3.00. The molecule has 0 bridgehead atoms. The molecule has 1 aliphatic carbocycles. The minimum Gasteiger partial charge on any atom is -0.462 e. The molecule has 0 saturated carbocycles. The molecule has 0 aliphatic heterocycles. The van der Waals surface area contributed by atoms with Gasteiger partial charge in [-0.2, -0.15) is 0 Å². The molecule has 0 atom stereocenters. The van der Waals surface area contributed by atoms with Gasteiger partial charge in [0.15, 0.2) is 0 Å². The van der Waals surface area contributed by atoms with Gasteiger partial charge in [-0.3, -0.25) is 0 Å². The number of benzene rings is 2. The summed E-state index contributed by atoms with van der Waals surface area (Å²) in [5, 5.41) is 0. The molecule has 2 aromatic carbocycles. The summed E-state index contributed by atoms with van der Waals surface area (Å²) in [6, 6.07) is 19.0.